The van der Waals surface area contributed by atoms with Crippen molar-refractivity contribution in [3.63, 3.8) is 0 Å². The van der Waals surface area contributed by atoms with Gasteiger partial charge in [0.25, 0.3) is 0 Å². The Balaban J connectivity index is 2.03. The van der Waals surface area contributed by atoms with E-state index in [4.69, 9.17) is 5.11 Å². The molecule has 1 aromatic heterocycles. The van der Waals surface area contributed by atoms with E-state index < -0.39 is 5.97 Å². The summed E-state index contributed by atoms with van der Waals surface area (Å²) in [6, 6.07) is 1.85. The second kappa shape index (κ2) is 6.03. The average Bonchev–Trinajstić information content (AvgIpc) is 2.85. The van der Waals surface area contributed by atoms with Crippen molar-refractivity contribution < 1.29 is 15.0 Å². The topological polar surface area (TPSA) is 69.6 Å². The first-order valence-electron chi connectivity index (χ1n) is 6.72. The van der Waals surface area contributed by atoms with Gasteiger partial charge in [-0.05, 0) is 35.8 Å². The van der Waals surface area contributed by atoms with Gasteiger partial charge < -0.3 is 15.5 Å². The zero-order valence-electron chi connectivity index (χ0n) is 11.2. The Labute approximate surface area is 117 Å². The van der Waals surface area contributed by atoms with Crippen LogP contribution in [0, 0.1) is 5.92 Å². The first kappa shape index (κ1) is 14.5. The van der Waals surface area contributed by atoms with Crippen LogP contribution in [-0.2, 0) is 6.54 Å². The third-order valence-electron chi connectivity index (χ3n) is 3.99. The summed E-state index contributed by atoms with van der Waals surface area (Å²) in [6.07, 6.45) is 4.24. The second-order valence-electron chi connectivity index (χ2n) is 5.57. The fraction of sp³-hybridized carbons (Fsp3) is 0.643. The lowest BCUT2D eigenvalue weighted by Crippen LogP contribution is -2.51. The van der Waals surface area contributed by atoms with Crippen molar-refractivity contribution in [3.8, 4) is 0 Å². The Morgan fingerprint density at radius 3 is 3.05 bits per heavy atom. The van der Waals surface area contributed by atoms with Crippen LogP contribution in [0.5, 0.6) is 0 Å². The third-order valence-corrected chi connectivity index (χ3v) is 4.93. The zero-order valence-corrected chi connectivity index (χ0v) is 12.0. The Bertz CT molecular complexity index is 446. The van der Waals surface area contributed by atoms with Crippen molar-refractivity contribution in [2.75, 3.05) is 6.61 Å². The second-order valence-corrected chi connectivity index (χ2v) is 6.49. The molecule has 0 aliphatic heterocycles. The maximum Gasteiger partial charge on any atom is 0.346 e. The molecule has 106 valence electrons. The minimum absolute atomic E-state index is 0.115. The molecule has 1 aliphatic rings. The number of rotatable bonds is 5. The number of hydrogen-bond donors (Lipinski definition) is 3. The van der Waals surface area contributed by atoms with Gasteiger partial charge in [0.2, 0.25) is 0 Å². The van der Waals surface area contributed by atoms with Gasteiger partial charge in [0.05, 0.1) is 6.61 Å². The van der Waals surface area contributed by atoms with Crippen molar-refractivity contribution in [1.29, 1.82) is 0 Å². The lowest BCUT2D eigenvalue weighted by molar-refractivity contribution is 0.0699. The number of carboxylic acids is 1. The van der Waals surface area contributed by atoms with Crippen LogP contribution in [-0.4, -0.2) is 28.3 Å². The Kier molecular flexibility index (Phi) is 4.60. The van der Waals surface area contributed by atoms with Gasteiger partial charge in [0, 0.05) is 12.1 Å². The fourth-order valence-corrected chi connectivity index (χ4v) is 3.73. The summed E-state index contributed by atoms with van der Waals surface area (Å²) in [5.74, 6) is -0.267. The number of carbonyl (C=O) groups is 1. The van der Waals surface area contributed by atoms with E-state index in [1.165, 1.54) is 17.8 Å². The van der Waals surface area contributed by atoms with Gasteiger partial charge >= 0.3 is 5.97 Å². The summed E-state index contributed by atoms with van der Waals surface area (Å²) in [6.45, 7) is 2.83. The average molecular weight is 283 g/mol. The molecule has 0 saturated heterocycles. The highest BCUT2D eigenvalue weighted by molar-refractivity contribution is 7.12. The van der Waals surface area contributed by atoms with E-state index in [0.29, 0.717) is 17.3 Å². The first-order chi connectivity index (χ1) is 9.06. The molecule has 1 heterocycles. The van der Waals surface area contributed by atoms with E-state index in [-0.39, 0.29) is 12.1 Å². The summed E-state index contributed by atoms with van der Waals surface area (Å²) >= 11 is 1.25. The molecule has 4 nitrogen and oxygen atoms in total. The highest BCUT2D eigenvalue weighted by Gasteiger charge is 2.34. The largest absolute Gasteiger partial charge is 0.477 e. The van der Waals surface area contributed by atoms with Crippen molar-refractivity contribution in [3.05, 3.63) is 21.9 Å². The van der Waals surface area contributed by atoms with Gasteiger partial charge in [-0.3, -0.25) is 0 Å². The van der Waals surface area contributed by atoms with E-state index in [2.05, 4.69) is 12.2 Å². The summed E-state index contributed by atoms with van der Waals surface area (Å²) in [4.78, 5) is 11.5. The molecule has 1 saturated carbocycles. The van der Waals surface area contributed by atoms with Crippen LogP contribution in [0.4, 0.5) is 0 Å². The fourth-order valence-electron chi connectivity index (χ4n) is 2.97. The molecule has 2 atom stereocenters. The Morgan fingerprint density at radius 1 is 1.63 bits per heavy atom. The molecule has 0 bridgehead atoms. The van der Waals surface area contributed by atoms with Crippen molar-refractivity contribution in [2.45, 2.75) is 44.7 Å². The molecule has 1 aliphatic carbocycles. The molecule has 0 amide bonds. The number of nitrogens with one attached hydrogen (secondary N) is 1. The molecule has 2 rings (SSSR count). The van der Waals surface area contributed by atoms with Gasteiger partial charge in [0.15, 0.2) is 0 Å². The molecule has 3 N–H and O–H groups in total. The molecule has 2 unspecified atom stereocenters. The predicted octanol–water partition coefficient (Wildman–Crippen LogP) is 2.48. The maximum absolute atomic E-state index is 11.1. The lowest BCUT2D eigenvalue weighted by atomic mass is 9.77. The quantitative estimate of drug-likeness (QED) is 0.776. The number of aromatic carboxylic acids is 1. The number of aliphatic hydroxyl groups excluding tert-OH is 1. The van der Waals surface area contributed by atoms with E-state index in [1.54, 1.807) is 5.38 Å². The number of thiophene rings is 1. The normalized spacial score (nSPS) is 27.4. The Hall–Kier alpha value is -0.910. The van der Waals surface area contributed by atoms with E-state index >= 15 is 0 Å². The van der Waals surface area contributed by atoms with Crippen molar-refractivity contribution in [1.82, 2.24) is 5.32 Å². The van der Waals surface area contributed by atoms with Crippen molar-refractivity contribution in [2.24, 2.45) is 5.92 Å². The molecule has 0 aromatic carbocycles. The molecule has 19 heavy (non-hydrogen) atoms. The summed E-state index contributed by atoms with van der Waals surface area (Å²) in [7, 11) is 0. The highest BCUT2D eigenvalue weighted by Crippen LogP contribution is 2.32. The molecule has 1 aromatic rings. The number of hydrogen-bond acceptors (Lipinski definition) is 4. The van der Waals surface area contributed by atoms with Gasteiger partial charge in [-0.2, -0.15) is 0 Å². The molecular weight excluding hydrogens is 262 g/mol. The minimum atomic E-state index is -0.873. The molecule has 0 radical (unpaired) electrons. The molecule has 0 spiro atoms. The monoisotopic (exact) mass is 283 g/mol. The lowest BCUT2D eigenvalue weighted by Gasteiger charge is -2.39. The first-order valence-corrected chi connectivity index (χ1v) is 7.60. The van der Waals surface area contributed by atoms with Crippen molar-refractivity contribution >= 4 is 17.3 Å². The highest BCUT2D eigenvalue weighted by atomic mass is 32.1. The summed E-state index contributed by atoms with van der Waals surface area (Å²) < 4.78 is 0. The molecule has 5 heteroatoms. The van der Waals surface area contributed by atoms with Gasteiger partial charge in [-0.1, -0.05) is 19.8 Å². The van der Waals surface area contributed by atoms with Crippen LogP contribution in [0.2, 0.25) is 0 Å². The summed E-state index contributed by atoms with van der Waals surface area (Å²) in [5, 5.41) is 24.0. The van der Waals surface area contributed by atoms with E-state index in [0.717, 1.165) is 24.8 Å². The maximum atomic E-state index is 11.1. The van der Waals surface area contributed by atoms with Crippen LogP contribution in [0.15, 0.2) is 11.4 Å². The van der Waals surface area contributed by atoms with Gasteiger partial charge in [0.1, 0.15) is 4.88 Å². The predicted molar refractivity (Wildman–Crippen MR) is 75.6 cm³/mol. The zero-order chi connectivity index (χ0) is 13.9. The van der Waals surface area contributed by atoms with Crippen LogP contribution in [0.3, 0.4) is 0 Å². The third kappa shape index (κ3) is 3.35. The van der Waals surface area contributed by atoms with E-state index in [9.17, 15) is 9.90 Å². The van der Waals surface area contributed by atoms with Crippen LogP contribution in [0.25, 0.3) is 0 Å². The van der Waals surface area contributed by atoms with Crippen LogP contribution in [0.1, 0.15) is 47.8 Å². The van der Waals surface area contributed by atoms with Gasteiger partial charge in [-0.25, -0.2) is 4.79 Å². The SMILES string of the molecule is CC1CCCC(CO)(NCc2ccsc2C(=O)O)C1. The standard InChI is InChI=1S/C14H21NO3S/c1-10-3-2-5-14(7-10,9-16)15-8-11-4-6-19-12(11)13(17)18/h4,6,10,15-16H,2-3,5,7-9H2,1H3,(H,17,18). The number of aliphatic hydroxyl groups is 1. The van der Waals surface area contributed by atoms with E-state index in [1.807, 2.05) is 6.07 Å². The minimum Gasteiger partial charge on any atom is -0.477 e. The van der Waals surface area contributed by atoms with Crippen LogP contribution >= 0.6 is 11.3 Å². The number of carboxylic acid groups (broad SMARTS) is 1. The Morgan fingerprint density at radius 2 is 2.42 bits per heavy atom. The van der Waals surface area contributed by atoms with Crippen LogP contribution < -0.4 is 5.32 Å². The molecular formula is C14H21NO3S. The van der Waals surface area contributed by atoms with Gasteiger partial charge in [-0.15, -0.1) is 11.3 Å². The summed E-state index contributed by atoms with van der Waals surface area (Å²) in [5.41, 5.74) is 0.568. The molecule has 1 fully saturated rings. The smallest absolute Gasteiger partial charge is 0.346 e.